The fourth-order valence-corrected chi connectivity index (χ4v) is 7.43. The summed E-state index contributed by atoms with van der Waals surface area (Å²) < 4.78 is 0. The Morgan fingerprint density at radius 1 is 0.688 bits per heavy atom. The van der Waals surface area contributed by atoms with Crippen LogP contribution in [0, 0.1) is 26.7 Å². The Morgan fingerprint density at radius 2 is 1.28 bits per heavy atom. The standard InChI is InChI=1S/C30H42N2/c1-21-13-8-11-20-27(21)31-24(4)29(25-16-9-10-17-25)32(26-18-6-5-7-19-26)30(31)28-22(2)14-12-15-23(28)3/h8,11-15,20,24-26,29-30H,5-7,9-10,16-19H2,1-4H3/t24-,29?,30?/m0/s1. The lowest BCUT2D eigenvalue weighted by Gasteiger charge is -2.42. The Hall–Kier alpha value is -1.80. The van der Waals surface area contributed by atoms with E-state index in [4.69, 9.17) is 0 Å². The number of benzene rings is 2. The quantitative estimate of drug-likeness (QED) is 0.490. The van der Waals surface area contributed by atoms with E-state index in [0.717, 1.165) is 12.0 Å². The molecule has 1 aliphatic heterocycles. The molecule has 2 aliphatic carbocycles. The molecule has 0 aromatic heterocycles. The first-order valence-electron chi connectivity index (χ1n) is 13.3. The third kappa shape index (κ3) is 3.79. The molecule has 3 aliphatic rings. The summed E-state index contributed by atoms with van der Waals surface area (Å²) in [6, 6.07) is 17.9. The van der Waals surface area contributed by atoms with Crippen molar-refractivity contribution in [1.82, 2.24) is 4.90 Å². The van der Waals surface area contributed by atoms with Crippen LogP contribution in [0.25, 0.3) is 0 Å². The van der Waals surface area contributed by atoms with E-state index >= 15 is 0 Å². The molecule has 2 aromatic rings. The van der Waals surface area contributed by atoms with Crippen molar-refractivity contribution in [3.05, 3.63) is 64.7 Å². The number of rotatable bonds is 4. The normalized spacial score (nSPS) is 28.0. The van der Waals surface area contributed by atoms with Crippen molar-refractivity contribution < 1.29 is 0 Å². The predicted molar refractivity (Wildman–Crippen MR) is 136 cm³/mol. The van der Waals surface area contributed by atoms with Crippen molar-refractivity contribution in [3.63, 3.8) is 0 Å². The second-order valence-corrected chi connectivity index (χ2v) is 10.9. The van der Waals surface area contributed by atoms with Crippen LogP contribution in [0.15, 0.2) is 42.5 Å². The maximum Gasteiger partial charge on any atom is 0.110 e. The van der Waals surface area contributed by atoms with Gasteiger partial charge in [-0.25, -0.2) is 0 Å². The van der Waals surface area contributed by atoms with Crippen LogP contribution in [0.2, 0.25) is 0 Å². The van der Waals surface area contributed by atoms with E-state index in [9.17, 15) is 0 Å². The van der Waals surface area contributed by atoms with Gasteiger partial charge in [0, 0.05) is 23.8 Å². The smallest absolute Gasteiger partial charge is 0.110 e. The first kappa shape index (κ1) is 22.0. The van der Waals surface area contributed by atoms with Crippen LogP contribution in [0.4, 0.5) is 5.69 Å². The highest BCUT2D eigenvalue weighted by Crippen LogP contribution is 2.50. The average Bonchev–Trinajstić information content (AvgIpc) is 3.41. The van der Waals surface area contributed by atoms with E-state index < -0.39 is 0 Å². The minimum Gasteiger partial charge on any atom is -0.347 e. The molecule has 2 aromatic carbocycles. The first-order chi connectivity index (χ1) is 15.6. The van der Waals surface area contributed by atoms with Crippen LogP contribution >= 0.6 is 0 Å². The van der Waals surface area contributed by atoms with Crippen molar-refractivity contribution in [3.8, 4) is 0 Å². The summed E-state index contributed by atoms with van der Waals surface area (Å²) in [7, 11) is 0. The Morgan fingerprint density at radius 3 is 1.94 bits per heavy atom. The van der Waals surface area contributed by atoms with Gasteiger partial charge in [0.05, 0.1) is 0 Å². The Bertz CT molecular complexity index is 902. The summed E-state index contributed by atoms with van der Waals surface area (Å²) in [5.41, 5.74) is 7.32. The molecule has 3 fully saturated rings. The summed E-state index contributed by atoms with van der Waals surface area (Å²) >= 11 is 0. The van der Waals surface area contributed by atoms with Crippen LogP contribution < -0.4 is 4.90 Å². The fourth-order valence-electron chi connectivity index (χ4n) is 7.43. The van der Waals surface area contributed by atoms with E-state index in [2.05, 4.69) is 80.0 Å². The number of anilines is 1. The molecule has 0 amide bonds. The molecular formula is C30H42N2. The molecule has 2 unspecified atom stereocenters. The SMILES string of the molecule is Cc1ccccc1N1C(c2c(C)cccc2C)N(C2CCCCC2)C(C2CCCC2)[C@@H]1C. The lowest BCUT2D eigenvalue weighted by Crippen LogP contribution is -2.47. The van der Waals surface area contributed by atoms with Gasteiger partial charge in [-0.2, -0.15) is 0 Å². The molecule has 5 rings (SSSR count). The number of para-hydroxylation sites is 1. The van der Waals surface area contributed by atoms with E-state index in [1.54, 1.807) is 5.56 Å². The molecule has 0 bridgehead atoms. The van der Waals surface area contributed by atoms with Gasteiger partial charge in [-0.15, -0.1) is 0 Å². The summed E-state index contributed by atoms with van der Waals surface area (Å²) in [5, 5.41) is 0. The highest BCUT2D eigenvalue weighted by atomic mass is 15.5. The lowest BCUT2D eigenvalue weighted by molar-refractivity contribution is 0.0672. The zero-order chi connectivity index (χ0) is 22.2. The van der Waals surface area contributed by atoms with Crippen LogP contribution in [0.5, 0.6) is 0 Å². The Balaban J connectivity index is 1.70. The van der Waals surface area contributed by atoms with Gasteiger partial charge in [-0.1, -0.05) is 68.5 Å². The Kier molecular flexibility index (Phi) is 6.34. The fraction of sp³-hybridized carbons (Fsp3) is 0.600. The molecule has 2 saturated carbocycles. The lowest BCUT2D eigenvalue weighted by atomic mass is 9.87. The zero-order valence-corrected chi connectivity index (χ0v) is 20.7. The molecule has 1 heterocycles. The molecule has 2 heteroatoms. The van der Waals surface area contributed by atoms with Gasteiger partial charge in [0.1, 0.15) is 6.17 Å². The van der Waals surface area contributed by atoms with Crippen molar-refractivity contribution in [2.75, 3.05) is 4.90 Å². The second kappa shape index (κ2) is 9.21. The second-order valence-electron chi connectivity index (χ2n) is 10.9. The van der Waals surface area contributed by atoms with Gasteiger partial charge < -0.3 is 4.90 Å². The molecule has 0 spiro atoms. The number of hydrogen-bond donors (Lipinski definition) is 0. The summed E-state index contributed by atoms with van der Waals surface area (Å²) in [6.45, 7) is 9.52. The molecule has 2 nitrogen and oxygen atoms in total. The molecular weight excluding hydrogens is 388 g/mol. The topological polar surface area (TPSA) is 6.48 Å². The zero-order valence-electron chi connectivity index (χ0n) is 20.7. The van der Waals surface area contributed by atoms with E-state index in [0.29, 0.717) is 18.2 Å². The largest absolute Gasteiger partial charge is 0.347 e. The maximum absolute atomic E-state index is 3.06. The van der Waals surface area contributed by atoms with E-state index in [-0.39, 0.29) is 0 Å². The summed E-state index contributed by atoms with van der Waals surface area (Å²) in [4.78, 5) is 5.89. The molecule has 1 saturated heterocycles. The minimum atomic E-state index is 0.348. The number of aryl methyl sites for hydroxylation is 3. The third-order valence-corrected chi connectivity index (χ3v) is 8.90. The summed E-state index contributed by atoms with van der Waals surface area (Å²) in [6.07, 6.45) is 13.0. The van der Waals surface area contributed by atoms with Crippen molar-refractivity contribution in [2.45, 2.75) is 110 Å². The highest BCUT2D eigenvalue weighted by molar-refractivity contribution is 5.58. The van der Waals surface area contributed by atoms with Crippen LogP contribution in [-0.2, 0) is 0 Å². The van der Waals surface area contributed by atoms with Crippen LogP contribution in [0.1, 0.15) is 93.1 Å². The van der Waals surface area contributed by atoms with Crippen molar-refractivity contribution >= 4 is 5.69 Å². The van der Waals surface area contributed by atoms with Crippen molar-refractivity contribution in [1.29, 1.82) is 0 Å². The van der Waals surface area contributed by atoms with Gasteiger partial charge in [0.15, 0.2) is 0 Å². The monoisotopic (exact) mass is 430 g/mol. The van der Waals surface area contributed by atoms with Gasteiger partial charge in [0.2, 0.25) is 0 Å². The molecule has 3 atom stereocenters. The first-order valence-corrected chi connectivity index (χ1v) is 13.3. The number of hydrogen-bond acceptors (Lipinski definition) is 2. The van der Waals surface area contributed by atoms with Gasteiger partial charge in [0.25, 0.3) is 0 Å². The summed E-state index contributed by atoms with van der Waals surface area (Å²) in [5.74, 6) is 0.841. The predicted octanol–water partition coefficient (Wildman–Crippen LogP) is 7.71. The molecule has 0 N–H and O–H groups in total. The average molecular weight is 431 g/mol. The van der Waals surface area contributed by atoms with E-state index in [1.165, 1.54) is 80.2 Å². The van der Waals surface area contributed by atoms with Crippen LogP contribution in [-0.4, -0.2) is 23.0 Å². The van der Waals surface area contributed by atoms with Crippen LogP contribution in [0.3, 0.4) is 0 Å². The molecule has 172 valence electrons. The molecule has 32 heavy (non-hydrogen) atoms. The van der Waals surface area contributed by atoms with Gasteiger partial charge in [-0.3, -0.25) is 4.90 Å². The molecule has 0 radical (unpaired) electrons. The minimum absolute atomic E-state index is 0.348. The Labute approximate surface area is 196 Å². The van der Waals surface area contributed by atoms with E-state index in [1.807, 2.05) is 0 Å². The van der Waals surface area contributed by atoms with Gasteiger partial charge in [-0.05, 0) is 87.6 Å². The third-order valence-electron chi connectivity index (χ3n) is 8.90. The maximum atomic E-state index is 3.06. The number of nitrogens with zero attached hydrogens (tertiary/aromatic N) is 2. The van der Waals surface area contributed by atoms with Gasteiger partial charge >= 0.3 is 0 Å². The van der Waals surface area contributed by atoms with Crippen molar-refractivity contribution in [2.24, 2.45) is 5.92 Å². The highest BCUT2D eigenvalue weighted by Gasteiger charge is 2.52.